The molecule has 3 rings (SSSR count). The molecule has 3 aromatic rings. The molecule has 0 fully saturated rings. The van der Waals surface area contributed by atoms with E-state index in [1.807, 2.05) is 68.4 Å². The van der Waals surface area contributed by atoms with Crippen molar-refractivity contribution in [1.29, 1.82) is 0 Å². The fourth-order valence-electron chi connectivity index (χ4n) is 2.74. The number of rotatable bonds is 4. The van der Waals surface area contributed by atoms with E-state index in [2.05, 4.69) is 14.9 Å². The van der Waals surface area contributed by atoms with Gasteiger partial charge in [0, 0.05) is 23.3 Å². The number of carbonyl (C=O) groups excluding carboxylic acids is 1. The lowest BCUT2D eigenvalue weighted by Gasteiger charge is -2.10. The normalized spacial score (nSPS) is 10.5. The number of nitrogens with zero attached hydrogens (tertiary/aromatic N) is 2. The van der Waals surface area contributed by atoms with Gasteiger partial charge in [-0.3, -0.25) is 9.78 Å². The zero-order valence-electron chi connectivity index (χ0n) is 13.3. The highest BCUT2D eigenvalue weighted by atomic mass is 16.1. The molecule has 4 heteroatoms. The molecule has 0 saturated carbocycles. The molecular weight excluding hydrogens is 286 g/mol. The summed E-state index contributed by atoms with van der Waals surface area (Å²) < 4.78 is 2.09. The predicted octanol–water partition coefficient (Wildman–Crippen LogP) is 3.42. The number of benzene rings is 1. The van der Waals surface area contributed by atoms with Crippen molar-refractivity contribution < 1.29 is 4.79 Å². The SMILES string of the molecule is Cc1cc(C(=O)NCc2ccccn2)c(C)n1-c1ccccc1. The van der Waals surface area contributed by atoms with E-state index in [4.69, 9.17) is 0 Å². The third-order valence-corrected chi connectivity index (χ3v) is 3.85. The molecule has 0 saturated heterocycles. The lowest BCUT2D eigenvalue weighted by atomic mass is 10.2. The van der Waals surface area contributed by atoms with Gasteiger partial charge in [0.2, 0.25) is 0 Å². The van der Waals surface area contributed by atoms with Gasteiger partial charge < -0.3 is 9.88 Å². The maximum absolute atomic E-state index is 12.5. The first-order valence-electron chi connectivity index (χ1n) is 7.59. The molecule has 0 aliphatic heterocycles. The lowest BCUT2D eigenvalue weighted by Crippen LogP contribution is -2.23. The van der Waals surface area contributed by atoms with Crippen molar-refractivity contribution in [2.75, 3.05) is 0 Å². The summed E-state index contributed by atoms with van der Waals surface area (Å²) in [6.45, 7) is 4.40. The second-order valence-electron chi connectivity index (χ2n) is 5.46. The number of nitrogens with one attached hydrogen (secondary N) is 1. The van der Waals surface area contributed by atoms with Crippen LogP contribution in [0.4, 0.5) is 0 Å². The van der Waals surface area contributed by atoms with Crippen LogP contribution in [-0.4, -0.2) is 15.5 Å². The Morgan fingerprint density at radius 2 is 1.83 bits per heavy atom. The van der Waals surface area contributed by atoms with E-state index >= 15 is 0 Å². The van der Waals surface area contributed by atoms with Gasteiger partial charge in [0.25, 0.3) is 5.91 Å². The fraction of sp³-hybridized carbons (Fsp3) is 0.158. The van der Waals surface area contributed by atoms with Gasteiger partial charge >= 0.3 is 0 Å². The molecule has 23 heavy (non-hydrogen) atoms. The Balaban J connectivity index is 1.82. The summed E-state index contributed by atoms with van der Waals surface area (Å²) in [6.07, 6.45) is 1.72. The van der Waals surface area contributed by atoms with Crippen molar-refractivity contribution in [3.05, 3.63) is 83.4 Å². The Morgan fingerprint density at radius 3 is 2.52 bits per heavy atom. The fourth-order valence-corrected chi connectivity index (χ4v) is 2.74. The zero-order chi connectivity index (χ0) is 16.2. The molecule has 1 N–H and O–H groups in total. The van der Waals surface area contributed by atoms with E-state index in [0.29, 0.717) is 12.1 Å². The van der Waals surface area contributed by atoms with Crippen LogP contribution in [0.3, 0.4) is 0 Å². The van der Waals surface area contributed by atoms with E-state index in [9.17, 15) is 4.79 Å². The number of hydrogen-bond donors (Lipinski definition) is 1. The molecule has 0 aliphatic carbocycles. The molecule has 116 valence electrons. The number of hydrogen-bond acceptors (Lipinski definition) is 2. The highest BCUT2D eigenvalue weighted by molar-refractivity contribution is 5.95. The Kier molecular flexibility index (Phi) is 4.24. The molecule has 1 amide bonds. The van der Waals surface area contributed by atoms with Crippen LogP contribution < -0.4 is 5.32 Å². The van der Waals surface area contributed by atoms with Gasteiger partial charge in [0.1, 0.15) is 0 Å². The topological polar surface area (TPSA) is 46.9 Å². The largest absolute Gasteiger partial charge is 0.346 e. The maximum atomic E-state index is 12.5. The monoisotopic (exact) mass is 305 g/mol. The first-order valence-corrected chi connectivity index (χ1v) is 7.59. The summed E-state index contributed by atoms with van der Waals surface area (Å²) in [5.74, 6) is -0.0778. The molecule has 0 unspecified atom stereocenters. The highest BCUT2D eigenvalue weighted by Crippen LogP contribution is 2.20. The van der Waals surface area contributed by atoms with Crippen LogP contribution in [0.25, 0.3) is 5.69 Å². The van der Waals surface area contributed by atoms with E-state index < -0.39 is 0 Å². The third-order valence-electron chi connectivity index (χ3n) is 3.85. The Bertz CT molecular complexity index is 807. The minimum Gasteiger partial charge on any atom is -0.346 e. The van der Waals surface area contributed by atoms with Crippen molar-refractivity contribution in [3.8, 4) is 5.69 Å². The molecule has 0 aliphatic rings. The average molecular weight is 305 g/mol. The van der Waals surface area contributed by atoms with Crippen LogP contribution in [0.5, 0.6) is 0 Å². The summed E-state index contributed by atoms with van der Waals surface area (Å²) >= 11 is 0. The molecule has 4 nitrogen and oxygen atoms in total. The predicted molar refractivity (Wildman–Crippen MR) is 90.7 cm³/mol. The summed E-state index contributed by atoms with van der Waals surface area (Å²) in [5, 5.41) is 2.93. The number of pyridine rings is 1. The summed E-state index contributed by atoms with van der Waals surface area (Å²) in [7, 11) is 0. The van der Waals surface area contributed by atoms with Gasteiger partial charge in [0.15, 0.2) is 0 Å². The van der Waals surface area contributed by atoms with Crippen molar-refractivity contribution >= 4 is 5.91 Å². The first kappa shape index (κ1) is 15.0. The van der Waals surface area contributed by atoms with Crippen LogP contribution in [0.15, 0.2) is 60.8 Å². The van der Waals surface area contributed by atoms with Crippen LogP contribution in [-0.2, 0) is 6.54 Å². The van der Waals surface area contributed by atoms with Crippen LogP contribution in [0.2, 0.25) is 0 Å². The third kappa shape index (κ3) is 3.16. The van der Waals surface area contributed by atoms with Gasteiger partial charge in [-0.25, -0.2) is 0 Å². The number of carbonyl (C=O) groups is 1. The molecule has 0 bridgehead atoms. The van der Waals surface area contributed by atoms with Gasteiger partial charge in [-0.05, 0) is 44.2 Å². The van der Waals surface area contributed by atoms with Crippen LogP contribution >= 0.6 is 0 Å². The average Bonchev–Trinajstić information content (AvgIpc) is 2.89. The summed E-state index contributed by atoms with van der Waals surface area (Å²) in [5.41, 5.74) is 4.58. The van der Waals surface area contributed by atoms with Crippen molar-refractivity contribution in [2.24, 2.45) is 0 Å². The Labute approximate surface area is 135 Å². The van der Waals surface area contributed by atoms with E-state index in [1.165, 1.54) is 0 Å². The molecule has 0 atom stereocenters. The van der Waals surface area contributed by atoms with Crippen LogP contribution in [0, 0.1) is 13.8 Å². The molecule has 2 heterocycles. The van der Waals surface area contributed by atoms with Gasteiger partial charge in [0.05, 0.1) is 17.8 Å². The van der Waals surface area contributed by atoms with Crippen LogP contribution in [0.1, 0.15) is 27.4 Å². The molecular formula is C19H19N3O. The zero-order valence-corrected chi connectivity index (χ0v) is 13.3. The van der Waals surface area contributed by atoms with Crippen molar-refractivity contribution in [1.82, 2.24) is 14.9 Å². The second kappa shape index (κ2) is 6.48. The molecule has 1 aromatic carbocycles. The maximum Gasteiger partial charge on any atom is 0.253 e. The smallest absolute Gasteiger partial charge is 0.253 e. The molecule has 0 spiro atoms. The minimum atomic E-state index is -0.0778. The minimum absolute atomic E-state index is 0.0778. The first-order chi connectivity index (χ1) is 11.2. The van der Waals surface area contributed by atoms with E-state index in [1.54, 1.807) is 6.20 Å². The Morgan fingerprint density at radius 1 is 1.09 bits per heavy atom. The highest BCUT2D eigenvalue weighted by Gasteiger charge is 2.16. The second-order valence-corrected chi connectivity index (χ2v) is 5.46. The standard InChI is InChI=1S/C19H19N3O/c1-14-12-18(15(2)22(14)17-9-4-3-5-10-17)19(23)21-13-16-8-6-7-11-20-16/h3-12H,13H2,1-2H3,(H,21,23). The number of aromatic nitrogens is 2. The number of aryl methyl sites for hydroxylation is 1. The Hall–Kier alpha value is -2.88. The molecule has 0 radical (unpaired) electrons. The summed E-state index contributed by atoms with van der Waals surface area (Å²) in [6, 6.07) is 17.6. The van der Waals surface area contributed by atoms with Gasteiger partial charge in [-0.15, -0.1) is 0 Å². The van der Waals surface area contributed by atoms with Crippen molar-refractivity contribution in [2.45, 2.75) is 20.4 Å². The van der Waals surface area contributed by atoms with Gasteiger partial charge in [-0.2, -0.15) is 0 Å². The van der Waals surface area contributed by atoms with Gasteiger partial charge in [-0.1, -0.05) is 24.3 Å². The van der Waals surface area contributed by atoms with E-state index in [-0.39, 0.29) is 5.91 Å². The lowest BCUT2D eigenvalue weighted by molar-refractivity contribution is 0.0950. The van der Waals surface area contributed by atoms with E-state index in [0.717, 1.165) is 22.8 Å². The number of amides is 1. The summed E-state index contributed by atoms with van der Waals surface area (Å²) in [4.78, 5) is 16.7. The van der Waals surface area contributed by atoms with Crippen molar-refractivity contribution in [3.63, 3.8) is 0 Å². The number of para-hydroxylation sites is 1. The molecule has 2 aromatic heterocycles. The quantitative estimate of drug-likeness (QED) is 0.803.